The Balaban J connectivity index is 1.43. The molecule has 0 aliphatic carbocycles. The first-order valence-corrected chi connectivity index (χ1v) is 19.8. The molecule has 8 bridgehead atoms. The number of benzene rings is 4. The lowest BCUT2D eigenvalue weighted by atomic mass is 9.86. The van der Waals surface area contributed by atoms with Crippen molar-refractivity contribution >= 4 is 46.4 Å². The third-order valence-electron chi connectivity index (χ3n) is 11.1. The zero-order chi connectivity index (χ0) is 40.3. The highest BCUT2D eigenvalue weighted by Crippen LogP contribution is 2.39. The van der Waals surface area contributed by atoms with Gasteiger partial charge in [0.1, 0.15) is 11.5 Å². The third-order valence-corrected chi connectivity index (χ3v) is 11.1. The molecule has 7 aromatic rings. The van der Waals surface area contributed by atoms with E-state index in [9.17, 15) is 10.2 Å². The van der Waals surface area contributed by atoms with Crippen LogP contribution in [-0.2, 0) is 10.8 Å². The molecule has 0 unspecified atom stereocenters. The molecule has 4 aromatic carbocycles. The van der Waals surface area contributed by atoms with Gasteiger partial charge in [-0.15, -0.1) is 0 Å². The number of H-pyrrole nitrogens is 2. The van der Waals surface area contributed by atoms with Crippen LogP contribution in [0, 0.1) is 0 Å². The van der Waals surface area contributed by atoms with Crippen LogP contribution in [0.5, 0.6) is 11.5 Å². The predicted molar refractivity (Wildman–Crippen MR) is 241 cm³/mol. The molecule has 2 aliphatic heterocycles. The maximum atomic E-state index is 10.3. The molecule has 2 aliphatic rings. The third kappa shape index (κ3) is 6.81. The van der Waals surface area contributed by atoms with E-state index in [1.807, 2.05) is 24.3 Å². The van der Waals surface area contributed by atoms with E-state index < -0.39 is 0 Å². The smallest absolute Gasteiger partial charge is 0.115 e. The SMILES string of the molecule is CC(C)(C)c1ccc(-c2c3nc(c(-c4ccc(O)cc4)c4ccc([nH]4)c(-c4ccc(O)cc4)c4nc(c(-c5ccc(C(C)(C)C)cc5)c5ccc2[nH]5)C=C4)C=C3)cc1. The summed E-state index contributed by atoms with van der Waals surface area (Å²) in [6.07, 6.45) is 8.35. The molecule has 6 heteroatoms. The summed E-state index contributed by atoms with van der Waals surface area (Å²) in [5, 5.41) is 20.6. The Bertz CT molecular complexity index is 2730. The predicted octanol–water partition coefficient (Wildman–Crippen LogP) is 13.3. The lowest BCUT2D eigenvalue weighted by Crippen LogP contribution is -2.10. The van der Waals surface area contributed by atoms with Crippen molar-refractivity contribution in [1.29, 1.82) is 0 Å². The second-order valence-corrected chi connectivity index (χ2v) is 17.3. The zero-order valence-corrected chi connectivity index (χ0v) is 33.6. The summed E-state index contributed by atoms with van der Waals surface area (Å²) in [6.45, 7) is 13.4. The molecule has 0 amide bonds. The standard InChI is InChI=1S/C52H46N4O2/c1-51(2,3)35-15-7-31(8-16-35)47-39-23-24-40(53-39)48(32-9-17-36(18-10-32)52(4,5)6)42-26-28-44(55-42)50(34-13-21-38(58)22-14-34)46-30-29-45(56-46)49(43-27-25-41(47)54-43)33-11-19-37(57)20-12-33/h7-30,53,56-58H,1-6H3. The first-order chi connectivity index (χ1) is 27.8. The van der Waals surface area contributed by atoms with E-state index in [-0.39, 0.29) is 22.3 Å². The van der Waals surface area contributed by atoms with Crippen molar-refractivity contribution in [1.82, 2.24) is 19.9 Å². The van der Waals surface area contributed by atoms with Crippen LogP contribution < -0.4 is 0 Å². The van der Waals surface area contributed by atoms with Gasteiger partial charge in [0.2, 0.25) is 0 Å². The van der Waals surface area contributed by atoms with Gasteiger partial charge in [-0.05, 0) is 117 Å². The van der Waals surface area contributed by atoms with Crippen molar-refractivity contribution in [2.45, 2.75) is 52.4 Å². The molecule has 5 heterocycles. The highest BCUT2D eigenvalue weighted by Gasteiger charge is 2.21. The fraction of sp³-hybridized carbons (Fsp3) is 0.154. The quantitative estimate of drug-likeness (QED) is 0.144. The van der Waals surface area contributed by atoms with Gasteiger partial charge in [0.05, 0.1) is 22.8 Å². The number of hydrogen-bond donors (Lipinski definition) is 4. The van der Waals surface area contributed by atoms with E-state index in [0.29, 0.717) is 0 Å². The maximum absolute atomic E-state index is 10.3. The van der Waals surface area contributed by atoms with Crippen LogP contribution >= 0.6 is 0 Å². The summed E-state index contributed by atoms with van der Waals surface area (Å²) in [6, 6.07) is 40.6. The number of phenolic OH excluding ortho intramolecular Hbond substituents is 2. The molecular weight excluding hydrogens is 713 g/mol. The van der Waals surface area contributed by atoms with Crippen LogP contribution in [0.25, 0.3) is 90.9 Å². The summed E-state index contributed by atoms with van der Waals surface area (Å²) in [5.74, 6) is 0.389. The minimum Gasteiger partial charge on any atom is -0.508 e. The van der Waals surface area contributed by atoms with Crippen LogP contribution in [0.4, 0.5) is 0 Å². The fourth-order valence-corrected chi connectivity index (χ4v) is 7.95. The Hall–Kier alpha value is -6.92. The van der Waals surface area contributed by atoms with Crippen molar-refractivity contribution in [2.75, 3.05) is 0 Å². The Labute approximate surface area is 339 Å². The van der Waals surface area contributed by atoms with Crippen LogP contribution in [0.1, 0.15) is 75.4 Å². The van der Waals surface area contributed by atoms with Crippen molar-refractivity contribution in [2.24, 2.45) is 0 Å². The molecule has 0 saturated heterocycles. The van der Waals surface area contributed by atoms with Gasteiger partial charge in [0.15, 0.2) is 0 Å². The average Bonchev–Trinajstić information content (AvgIpc) is 4.04. The zero-order valence-electron chi connectivity index (χ0n) is 33.6. The molecule has 9 rings (SSSR count). The van der Waals surface area contributed by atoms with Gasteiger partial charge in [0, 0.05) is 44.3 Å². The molecule has 6 nitrogen and oxygen atoms in total. The van der Waals surface area contributed by atoms with Crippen molar-refractivity contribution in [3.8, 4) is 56.0 Å². The van der Waals surface area contributed by atoms with Crippen LogP contribution in [-0.4, -0.2) is 30.1 Å². The molecule has 0 fully saturated rings. The van der Waals surface area contributed by atoms with Gasteiger partial charge in [-0.25, -0.2) is 9.97 Å². The molecule has 4 N–H and O–H groups in total. The van der Waals surface area contributed by atoms with Gasteiger partial charge >= 0.3 is 0 Å². The van der Waals surface area contributed by atoms with Gasteiger partial charge in [-0.3, -0.25) is 0 Å². The van der Waals surface area contributed by atoms with Gasteiger partial charge < -0.3 is 20.2 Å². The lowest BCUT2D eigenvalue weighted by Gasteiger charge is -2.19. The number of rotatable bonds is 4. The molecule has 0 spiro atoms. The molecule has 0 radical (unpaired) electrons. The topological polar surface area (TPSA) is 97.8 Å². The Kier molecular flexibility index (Phi) is 8.81. The van der Waals surface area contributed by atoms with Crippen molar-refractivity contribution in [3.05, 3.63) is 155 Å². The lowest BCUT2D eigenvalue weighted by molar-refractivity contribution is 0.475. The first kappa shape index (κ1) is 36.7. The minimum absolute atomic E-state index is 0.00918. The summed E-state index contributed by atoms with van der Waals surface area (Å²) in [4.78, 5) is 18.4. The summed E-state index contributed by atoms with van der Waals surface area (Å²) < 4.78 is 0. The van der Waals surface area contributed by atoms with Gasteiger partial charge in [-0.2, -0.15) is 0 Å². The van der Waals surface area contributed by atoms with E-state index in [4.69, 9.17) is 9.97 Å². The number of aromatic amines is 2. The van der Waals surface area contributed by atoms with Gasteiger partial charge in [-0.1, -0.05) is 114 Å². The number of nitrogens with zero attached hydrogens (tertiary/aromatic N) is 2. The summed E-state index contributed by atoms with van der Waals surface area (Å²) in [5.41, 5.74) is 17.1. The largest absolute Gasteiger partial charge is 0.508 e. The van der Waals surface area contributed by atoms with Crippen molar-refractivity contribution < 1.29 is 10.2 Å². The Morgan fingerprint density at radius 2 is 0.586 bits per heavy atom. The van der Waals surface area contributed by atoms with Crippen LogP contribution in [0.3, 0.4) is 0 Å². The summed E-state index contributed by atoms with van der Waals surface area (Å²) in [7, 11) is 0. The van der Waals surface area contributed by atoms with E-state index in [1.54, 1.807) is 24.3 Å². The highest BCUT2D eigenvalue weighted by molar-refractivity contribution is 5.99. The number of nitrogens with one attached hydrogen (secondary N) is 2. The second-order valence-electron chi connectivity index (χ2n) is 17.3. The van der Waals surface area contributed by atoms with Gasteiger partial charge in [0.25, 0.3) is 0 Å². The molecule has 3 aromatic heterocycles. The average molecular weight is 759 g/mol. The minimum atomic E-state index is 0.00918. The Morgan fingerprint density at radius 3 is 0.828 bits per heavy atom. The number of aromatic nitrogens is 4. The van der Waals surface area contributed by atoms with Crippen LogP contribution in [0.15, 0.2) is 121 Å². The number of aromatic hydroxyl groups is 2. The molecular formula is C52H46N4O2. The molecule has 58 heavy (non-hydrogen) atoms. The van der Waals surface area contributed by atoms with Crippen LogP contribution in [0.2, 0.25) is 0 Å². The molecule has 286 valence electrons. The Morgan fingerprint density at radius 1 is 0.345 bits per heavy atom. The van der Waals surface area contributed by atoms with Crippen molar-refractivity contribution in [3.63, 3.8) is 0 Å². The number of phenols is 2. The molecule has 0 atom stereocenters. The maximum Gasteiger partial charge on any atom is 0.115 e. The molecule has 0 saturated carbocycles. The number of hydrogen-bond acceptors (Lipinski definition) is 4. The van der Waals surface area contributed by atoms with E-state index in [0.717, 1.165) is 89.4 Å². The van der Waals surface area contributed by atoms with E-state index in [1.165, 1.54) is 11.1 Å². The second kappa shape index (κ2) is 13.9. The normalized spacial score (nSPS) is 12.7. The monoisotopic (exact) mass is 758 g/mol. The summed E-state index contributed by atoms with van der Waals surface area (Å²) >= 11 is 0. The fourth-order valence-electron chi connectivity index (χ4n) is 7.95. The van der Waals surface area contributed by atoms with E-state index >= 15 is 0 Å². The first-order valence-electron chi connectivity index (χ1n) is 19.8. The number of fused-ring (bicyclic) bond motifs is 8. The highest BCUT2D eigenvalue weighted by atomic mass is 16.3. The van der Waals surface area contributed by atoms with E-state index in [2.05, 4.69) is 149 Å².